The lowest BCUT2D eigenvalue weighted by atomic mass is 9.91. The van der Waals surface area contributed by atoms with Crippen molar-refractivity contribution < 1.29 is 35.6 Å². The van der Waals surface area contributed by atoms with Crippen LogP contribution >= 0.6 is 0 Å². The van der Waals surface area contributed by atoms with E-state index in [1.165, 1.54) is 19.6 Å². The number of rotatable bonds is 9. The fraction of sp³-hybridized carbons (Fsp3) is 0.360. The fourth-order valence-corrected chi connectivity index (χ4v) is 3.57. The highest BCUT2D eigenvalue weighted by molar-refractivity contribution is 6.18. The van der Waals surface area contributed by atoms with E-state index >= 15 is 0 Å². The van der Waals surface area contributed by atoms with E-state index in [1.807, 2.05) is 6.92 Å². The molecule has 0 saturated carbocycles. The average Bonchev–Trinajstić information content (AvgIpc) is 3.29. The second kappa shape index (κ2) is 11.4. The number of nitrogens with zero attached hydrogens (tertiary/aromatic N) is 1. The van der Waals surface area contributed by atoms with Gasteiger partial charge in [-0.2, -0.15) is 26.3 Å². The van der Waals surface area contributed by atoms with E-state index in [4.69, 9.17) is 10.2 Å². The second-order valence-corrected chi connectivity index (χ2v) is 8.00. The number of carbonyl (C=O) groups is 1. The number of amides is 1. The number of benzene rings is 1. The molecule has 0 spiro atoms. The molecular formula is C25H26F6N2O2. The summed E-state index contributed by atoms with van der Waals surface area (Å²) in [5.41, 5.74) is 3.38. The zero-order valence-electron chi connectivity index (χ0n) is 19.4. The van der Waals surface area contributed by atoms with Crippen molar-refractivity contribution in [1.29, 1.82) is 0 Å². The first-order chi connectivity index (χ1) is 16.3. The van der Waals surface area contributed by atoms with Crippen LogP contribution in [0.15, 0.2) is 64.4 Å². The number of allylic oxidation sites excluding steroid dienone is 3. The van der Waals surface area contributed by atoms with Crippen LogP contribution in [0.25, 0.3) is 5.57 Å². The molecule has 4 nitrogen and oxygen atoms in total. The Morgan fingerprint density at radius 2 is 1.69 bits per heavy atom. The molecule has 0 radical (unpaired) electrons. The molecule has 2 rings (SSSR count). The van der Waals surface area contributed by atoms with Crippen LogP contribution in [-0.2, 0) is 17.1 Å². The van der Waals surface area contributed by atoms with Crippen molar-refractivity contribution in [2.45, 2.75) is 39.0 Å². The number of nitrogens with two attached hydrogens (primary N) is 1. The molecular weight excluding hydrogens is 474 g/mol. The minimum absolute atomic E-state index is 0.0931. The Morgan fingerprint density at radius 3 is 2.11 bits per heavy atom. The molecule has 0 aliphatic heterocycles. The highest BCUT2D eigenvalue weighted by Crippen LogP contribution is 2.37. The van der Waals surface area contributed by atoms with Crippen LogP contribution < -0.4 is 5.73 Å². The molecule has 2 atom stereocenters. The molecule has 1 heterocycles. The van der Waals surface area contributed by atoms with Gasteiger partial charge in [-0.25, -0.2) is 0 Å². The average molecular weight is 500 g/mol. The lowest BCUT2D eigenvalue weighted by Crippen LogP contribution is -2.17. The third-order valence-electron chi connectivity index (χ3n) is 5.41. The van der Waals surface area contributed by atoms with Crippen LogP contribution in [0.3, 0.4) is 0 Å². The van der Waals surface area contributed by atoms with Crippen molar-refractivity contribution in [3.63, 3.8) is 0 Å². The van der Waals surface area contributed by atoms with E-state index in [9.17, 15) is 31.1 Å². The molecule has 1 aromatic carbocycles. The zero-order valence-corrected chi connectivity index (χ0v) is 19.4. The first-order valence-corrected chi connectivity index (χ1v) is 10.7. The van der Waals surface area contributed by atoms with E-state index < -0.39 is 35.3 Å². The van der Waals surface area contributed by atoms with Gasteiger partial charge in [-0.15, -0.1) is 0 Å². The number of hydrogen-bond donors (Lipinski definition) is 1. The lowest BCUT2D eigenvalue weighted by Gasteiger charge is -2.18. The molecule has 2 N–H and O–H groups in total. The number of primary amides is 1. The fourth-order valence-electron chi connectivity index (χ4n) is 3.57. The largest absolute Gasteiger partial charge is 0.472 e. The first-order valence-electron chi connectivity index (χ1n) is 10.7. The van der Waals surface area contributed by atoms with E-state index in [0.717, 1.165) is 0 Å². The summed E-state index contributed by atoms with van der Waals surface area (Å²) >= 11 is 0. The van der Waals surface area contributed by atoms with Gasteiger partial charge in [0.15, 0.2) is 0 Å². The molecule has 190 valence electrons. The minimum atomic E-state index is -4.94. The van der Waals surface area contributed by atoms with Crippen molar-refractivity contribution in [2.75, 3.05) is 7.05 Å². The highest BCUT2D eigenvalue weighted by Gasteiger charge is 2.37. The van der Waals surface area contributed by atoms with Crippen molar-refractivity contribution in [3.8, 4) is 0 Å². The van der Waals surface area contributed by atoms with Crippen molar-refractivity contribution >= 4 is 17.2 Å². The number of halogens is 6. The lowest BCUT2D eigenvalue weighted by molar-refractivity contribution is -0.143. The van der Waals surface area contributed by atoms with E-state index in [1.54, 1.807) is 31.2 Å². The molecule has 0 fully saturated rings. The topological polar surface area (TPSA) is 68.6 Å². The molecule has 2 aromatic rings. The third kappa shape index (κ3) is 7.60. The van der Waals surface area contributed by atoms with Crippen LogP contribution in [0.2, 0.25) is 0 Å². The molecule has 1 amide bonds. The Balaban J connectivity index is 2.29. The Hall–Kier alpha value is -3.30. The summed E-state index contributed by atoms with van der Waals surface area (Å²) in [6, 6.07) is 3.05. The van der Waals surface area contributed by atoms with Gasteiger partial charge in [-0.05, 0) is 48.6 Å². The number of carbonyl (C=O) groups excluding carboxylic acids is 1. The van der Waals surface area contributed by atoms with E-state index in [0.29, 0.717) is 30.5 Å². The molecule has 10 heteroatoms. The normalized spacial score (nSPS) is 15.5. The van der Waals surface area contributed by atoms with Gasteiger partial charge in [0.1, 0.15) is 0 Å². The van der Waals surface area contributed by atoms with Crippen molar-refractivity contribution in [2.24, 2.45) is 22.6 Å². The Morgan fingerprint density at radius 1 is 1.09 bits per heavy atom. The Bertz CT molecular complexity index is 1060. The van der Waals surface area contributed by atoms with Crippen LogP contribution in [-0.4, -0.2) is 18.7 Å². The summed E-state index contributed by atoms with van der Waals surface area (Å²) in [6.45, 7) is 3.56. The molecule has 0 bridgehead atoms. The predicted molar refractivity (Wildman–Crippen MR) is 121 cm³/mol. The maximum Gasteiger partial charge on any atom is 0.416 e. The SMILES string of the molecule is CCC(C=CCC(C)C(=NC)c1cc(C(F)(F)F)cc(C(F)(F)F)c1)C=C(C(N)=O)c1ccoc1. The maximum atomic E-state index is 13.2. The van der Waals surface area contributed by atoms with Gasteiger partial charge in [-0.1, -0.05) is 32.1 Å². The molecule has 35 heavy (non-hydrogen) atoms. The highest BCUT2D eigenvalue weighted by atomic mass is 19.4. The van der Waals surface area contributed by atoms with Crippen molar-refractivity contribution in [1.82, 2.24) is 0 Å². The second-order valence-electron chi connectivity index (χ2n) is 8.00. The third-order valence-corrected chi connectivity index (χ3v) is 5.41. The van der Waals surface area contributed by atoms with Crippen LogP contribution in [0.1, 0.15) is 48.9 Å². The number of furan rings is 1. The Kier molecular flexibility index (Phi) is 9.12. The number of aliphatic imine (C=N–C) groups is 1. The summed E-state index contributed by atoms with van der Waals surface area (Å²) in [6.07, 6.45) is -0.906. The van der Waals surface area contributed by atoms with Gasteiger partial charge in [-0.3, -0.25) is 9.79 Å². The summed E-state index contributed by atoms with van der Waals surface area (Å²) in [5, 5.41) is 0. The number of hydrogen-bond acceptors (Lipinski definition) is 3. The Labute approximate surface area is 199 Å². The standard InChI is InChI=1S/C25H26F6N2O2/c1-4-16(10-21(23(32)34)17-8-9-35-14-17)7-5-6-15(2)22(33-3)18-11-19(24(26,27)28)13-20(12-18)25(29,30)31/h5,7-16H,4,6H2,1-3H3,(H2,32,34). The summed E-state index contributed by atoms with van der Waals surface area (Å²) in [5.74, 6) is -1.30. The quantitative estimate of drug-likeness (QED) is 0.176. The minimum Gasteiger partial charge on any atom is -0.472 e. The molecule has 2 unspecified atom stereocenters. The van der Waals surface area contributed by atoms with Gasteiger partial charge in [0, 0.05) is 29.8 Å². The van der Waals surface area contributed by atoms with E-state index in [2.05, 4.69) is 4.99 Å². The van der Waals surface area contributed by atoms with Gasteiger partial charge in [0.25, 0.3) is 0 Å². The van der Waals surface area contributed by atoms with Crippen LogP contribution in [0.5, 0.6) is 0 Å². The van der Waals surface area contributed by atoms with Crippen LogP contribution in [0, 0.1) is 11.8 Å². The first kappa shape index (κ1) is 27.9. The predicted octanol–water partition coefficient (Wildman–Crippen LogP) is 6.91. The number of alkyl halides is 6. The van der Waals surface area contributed by atoms with Gasteiger partial charge >= 0.3 is 12.4 Å². The molecule has 0 aliphatic carbocycles. The molecule has 0 saturated heterocycles. The summed E-state index contributed by atoms with van der Waals surface area (Å²) < 4.78 is 84.4. The van der Waals surface area contributed by atoms with Gasteiger partial charge in [0.2, 0.25) is 5.91 Å². The molecule has 1 aromatic heterocycles. The molecule has 0 aliphatic rings. The van der Waals surface area contributed by atoms with Gasteiger partial charge in [0.05, 0.1) is 23.7 Å². The smallest absolute Gasteiger partial charge is 0.416 e. The van der Waals surface area contributed by atoms with E-state index in [-0.39, 0.29) is 28.8 Å². The zero-order chi connectivity index (χ0) is 26.4. The van der Waals surface area contributed by atoms with Crippen molar-refractivity contribution in [3.05, 3.63) is 77.3 Å². The monoisotopic (exact) mass is 500 g/mol. The van der Waals surface area contributed by atoms with Gasteiger partial charge < -0.3 is 10.2 Å². The van der Waals surface area contributed by atoms with Crippen LogP contribution in [0.4, 0.5) is 26.3 Å². The maximum absolute atomic E-state index is 13.2. The summed E-state index contributed by atoms with van der Waals surface area (Å²) in [7, 11) is 1.32. The summed E-state index contributed by atoms with van der Waals surface area (Å²) in [4.78, 5) is 15.8.